The Hall–Kier alpha value is -0.980. The molecule has 2 N–H and O–H groups in total. The molecule has 6 heteroatoms. The van der Waals surface area contributed by atoms with Crippen LogP contribution in [-0.2, 0) is 16.6 Å². The normalized spacial score (nSPS) is 11.7. The fourth-order valence-corrected chi connectivity index (χ4v) is 2.45. The second kappa shape index (κ2) is 6.09. The van der Waals surface area contributed by atoms with Gasteiger partial charge in [-0.25, -0.2) is 17.5 Å². The number of halogens is 1. The van der Waals surface area contributed by atoms with Crippen molar-refractivity contribution >= 4 is 10.0 Å². The van der Waals surface area contributed by atoms with Gasteiger partial charge in [0.1, 0.15) is 10.7 Å². The quantitative estimate of drug-likeness (QED) is 0.761. The van der Waals surface area contributed by atoms with E-state index in [9.17, 15) is 12.8 Å². The fraction of sp³-hybridized carbons (Fsp3) is 0.455. The van der Waals surface area contributed by atoms with Gasteiger partial charge in [0.15, 0.2) is 0 Å². The van der Waals surface area contributed by atoms with Gasteiger partial charge >= 0.3 is 0 Å². The van der Waals surface area contributed by atoms with E-state index in [-0.39, 0.29) is 11.5 Å². The summed E-state index contributed by atoms with van der Waals surface area (Å²) < 4.78 is 39.3. The van der Waals surface area contributed by atoms with E-state index in [0.29, 0.717) is 18.5 Å². The SMILES string of the molecule is CCCCNS(=O)(=O)c1ccc(CO)cc1F. The van der Waals surface area contributed by atoms with E-state index in [1.807, 2.05) is 6.92 Å². The van der Waals surface area contributed by atoms with Gasteiger partial charge in [0, 0.05) is 6.54 Å². The highest BCUT2D eigenvalue weighted by Crippen LogP contribution is 2.16. The molecule has 17 heavy (non-hydrogen) atoms. The Bertz CT molecular complexity index is 474. The molecular formula is C11H16FNO3S. The molecule has 0 aliphatic rings. The average molecular weight is 261 g/mol. The Morgan fingerprint density at radius 1 is 1.41 bits per heavy atom. The van der Waals surface area contributed by atoms with Gasteiger partial charge in [-0.1, -0.05) is 19.4 Å². The standard InChI is InChI=1S/C11H16FNO3S/c1-2-3-6-13-17(15,16)11-5-4-9(8-14)7-10(11)12/h4-5,7,13-14H,2-3,6,8H2,1H3. The molecule has 0 aliphatic heterocycles. The molecule has 0 atom stereocenters. The van der Waals surface area contributed by atoms with Gasteiger partial charge < -0.3 is 5.11 Å². The topological polar surface area (TPSA) is 66.4 Å². The van der Waals surface area contributed by atoms with Crippen molar-refractivity contribution in [3.05, 3.63) is 29.6 Å². The van der Waals surface area contributed by atoms with Crippen molar-refractivity contribution in [1.82, 2.24) is 4.72 Å². The third kappa shape index (κ3) is 3.76. The average Bonchev–Trinajstić information content (AvgIpc) is 2.28. The summed E-state index contributed by atoms with van der Waals surface area (Å²) in [7, 11) is -3.79. The van der Waals surface area contributed by atoms with Crippen molar-refractivity contribution in [3.63, 3.8) is 0 Å². The van der Waals surface area contributed by atoms with E-state index in [1.165, 1.54) is 6.07 Å². The van der Waals surface area contributed by atoms with Crippen LogP contribution in [0.5, 0.6) is 0 Å². The first-order valence-electron chi connectivity index (χ1n) is 5.40. The minimum atomic E-state index is -3.79. The van der Waals surface area contributed by atoms with Crippen LogP contribution in [0.3, 0.4) is 0 Å². The molecule has 0 spiro atoms. The predicted octanol–water partition coefficient (Wildman–Crippen LogP) is 1.40. The highest BCUT2D eigenvalue weighted by Gasteiger charge is 2.18. The van der Waals surface area contributed by atoms with E-state index >= 15 is 0 Å². The molecule has 0 heterocycles. The smallest absolute Gasteiger partial charge is 0.243 e. The van der Waals surface area contributed by atoms with Crippen molar-refractivity contribution in [2.45, 2.75) is 31.3 Å². The Balaban J connectivity index is 2.91. The summed E-state index contributed by atoms with van der Waals surface area (Å²) in [6.45, 7) is 1.91. The van der Waals surface area contributed by atoms with E-state index in [2.05, 4.69) is 4.72 Å². The van der Waals surface area contributed by atoms with Crippen LogP contribution in [0.4, 0.5) is 4.39 Å². The summed E-state index contributed by atoms with van der Waals surface area (Å²) in [5, 5.41) is 8.80. The fourth-order valence-electron chi connectivity index (χ4n) is 1.32. The second-order valence-electron chi connectivity index (χ2n) is 3.67. The molecule has 96 valence electrons. The lowest BCUT2D eigenvalue weighted by Gasteiger charge is -2.07. The Kier molecular flexibility index (Phi) is 5.04. The maximum atomic E-state index is 13.5. The van der Waals surface area contributed by atoms with Gasteiger partial charge in [0.2, 0.25) is 10.0 Å². The van der Waals surface area contributed by atoms with Crippen LogP contribution in [0.15, 0.2) is 23.1 Å². The monoisotopic (exact) mass is 261 g/mol. The zero-order valence-electron chi connectivity index (χ0n) is 9.61. The maximum absolute atomic E-state index is 13.5. The van der Waals surface area contributed by atoms with Crippen molar-refractivity contribution in [2.24, 2.45) is 0 Å². The van der Waals surface area contributed by atoms with Gasteiger partial charge in [-0.3, -0.25) is 0 Å². The zero-order valence-corrected chi connectivity index (χ0v) is 10.4. The number of aliphatic hydroxyl groups excluding tert-OH is 1. The number of hydrogen-bond acceptors (Lipinski definition) is 3. The molecular weight excluding hydrogens is 245 g/mol. The van der Waals surface area contributed by atoms with Crippen LogP contribution in [0.2, 0.25) is 0 Å². The molecule has 0 radical (unpaired) electrons. The zero-order chi connectivity index (χ0) is 12.9. The van der Waals surface area contributed by atoms with Crippen LogP contribution >= 0.6 is 0 Å². The predicted molar refractivity (Wildman–Crippen MR) is 62.4 cm³/mol. The summed E-state index contributed by atoms with van der Waals surface area (Å²) >= 11 is 0. The third-order valence-electron chi connectivity index (χ3n) is 2.29. The first kappa shape index (κ1) is 14.1. The minimum absolute atomic E-state index is 0.292. The molecule has 0 saturated carbocycles. The number of hydrogen-bond donors (Lipinski definition) is 2. The molecule has 0 aromatic heterocycles. The molecule has 1 aromatic carbocycles. The number of benzene rings is 1. The number of rotatable bonds is 6. The van der Waals surface area contributed by atoms with Gasteiger partial charge in [0.05, 0.1) is 6.61 Å². The summed E-state index contributed by atoms with van der Waals surface area (Å²) in [6, 6.07) is 3.57. The van der Waals surface area contributed by atoms with Gasteiger partial charge in [-0.15, -0.1) is 0 Å². The van der Waals surface area contributed by atoms with Gasteiger partial charge in [-0.05, 0) is 24.1 Å². The van der Waals surface area contributed by atoms with E-state index in [4.69, 9.17) is 5.11 Å². The van der Waals surface area contributed by atoms with Crippen LogP contribution < -0.4 is 4.72 Å². The largest absolute Gasteiger partial charge is 0.392 e. The lowest BCUT2D eigenvalue weighted by Crippen LogP contribution is -2.25. The summed E-state index contributed by atoms with van der Waals surface area (Å²) in [5.41, 5.74) is 0.343. The first-order chi connectivity index (χ1) is 8.01. The molecule has 0 amide bonds. The van der Waals surface area contributed by atoms with E-state index in [0.717, 1.165) is 18.6 Å². The molecule has 0 fully saturated rings. The van der Waals surface area contributed by atoms with Gasteiger partial charge in [-0.2, -0.15) is 0 Å². The third-order valence-corrected chi connectivity index (χ3v) is 3.79. The van der Waals surface area contributed by atoms with Crippen LogP contribution in [-0.4, -0.2) is 20.1 Å². The van der Waals surface area contributed by atoms with Crippen LogP contribution in [0.1, 0.15) is 25.3 Å². The molecule has 0 bridgehead atoms. The van der Waals surface area contributed by atoms with Crippen molar-refractivity contribution in [1.29, 1.82) is 0 Å². The number of aliphatic hydroxyl groups is 1. The molecule has 0 aliphatic carbocycles. The number of unbranched alkanes of at least 4 members (excludes halogenated alkanes) is 1. The van der Waals surface area contributed by atoms with Crippen molar-refractivity contribution in [2.75, 3.05) is 6.54 Å². The van der Waals surface area contributed by atoms with E-state index in [1.54, 1.807) is 0 Å². The minimum Gasteiger partial charge on any atom is -0.392 e. The Morgan fingerprint density at radius 2 is 2.12 bits per heavy atom. The lowest BCUT2D eigenvalue weighted by atomic mass is 10.2. The Morgan fingerprint density at radius 3 is 2.65 bits per heavy atom. The maximum Gasteiger partial charge on any atom is 0.243 e. The lowest BCUT2D eigenvalue weighted by molar-refractivity contribution is 0.281. The first-order valence-corrected chi connectivity index (χ1v) is 6.88. The summed E-state index contributed by atoms with van der Waals surface area (Å²) in [4.78, 5) is -0.384. The molecule has 1 rings (SSSR count). The second-order valence-corrected chi connectivity index (χ2v) is 5.41. The number of sulfonamides is 1. The summed E-state index contributed by atoms with van der Waals surface area (Å²) in [6.07, 6.45) is 1.56. The highest BCUT2D eigenvalue weighted by atomic mass is 32.2. The number of nitrogens with one attached hydrogen (secondary N) is 1. The van der Waals surface area contributed by atoms with Gasteiger partial charge in [0.25, 0.3) is 0 Å². The van der Waals surface area contributed by atoms with Crippen molar-refractivity contribution < 1.29 is 17.9 Å². The molecule has 0 saturated heterocycles. The molecule has 4 nitrogen and oxygen atoms in total. The van der Waals surface area contributed by atoms with E-state index < -0.39 is 15.8 Å². The Labute approximate surface area is 101 Å². The van der Waals surface area contributed by atoms with Crippen LogP contribution in [0, 0.1) is 5.82 Å². The molecule has 0 unspecified atom stereocenters. The van der Waals surface area contributed by atoms with Crippen molar-refractivity contribution in [3.8, 4) is 0 Å². The highest BCUT2D eigenvalue weighted by molar-refractivity contribution is 7.89. The van der Waals surface area contributed by atoms with Crippen LogP contribution in [0.25, 0.3) is 0 Å². The summed E-state index contributed by atoms with van der Waals surface area (Å²) in [5.74, 6) is -0.847. The molecule has 1 aromatic rings.